The summed E-state index contributed by atoms with van der Waals surface area (Å²) in [5, 5.41) is 3.01. The van der Waals surface area contributed by atoms with Crippen molar-refractivity contribution in [3.63, 3.8) is 0 Å². The van der Waals surface area contributed by atoms with E-state index < -0.39 is 0 Å². The molecule has 17 heavy (non-hydrogen) atoms. The van der Waals surface area contributed by atoms with Gasteiger partial charge in [0, 0.05) is 18.1 Å². The fourth-order valence-corrected chi connectivity index (χ4v) is 0.730. The summed E-state index contributed by atoms with van der Waals surface area (Å²) in [6.45, 7) is 14.6. The highest BCUT2D eigenvalue weighted by molar-refractivity contribution is 5.77. The number of allylic oxidation sites excluding steroid dienone is 3. The lowest BCUT2D eigenvalue weighted by Crippen LogP contribution is -2.08. The second kappa shape index (κ2) is 12.1. The van der Waals surface area contributed by atoms with Crippen molar-refractivity contribution in [3.8, 4) is 0 Å². The third-order valence-electron chi connectivity index (χ3n) is 1.40. The Balaban J connectivity index is 0. The molecule has 0 aromatic rings. The summed E-state index contributed by atoms with van der Waals surface area (Å²) in [6.07, 6.45) is 6.92. The highest BCUT2D eigenvalue weighted by Crippen LogP contribution is 1.98. The standard InChI is InChI=1S/C12H17N3.CH5N/c1-6-12(7-8-13-5)15-11(4)14-9-10(2)3;1-2/h6-9,15H,2,4-5H2,1,3H3;2H2,1H3/b8-7-,12-6+,14-9-;. The zero-order chi connectivity index (χ0) is 13.7. The molecule has 3 N–H and O–H groups in total. The van der Waals surface area contributed by atoms with Crippen LogP contribution < -0.4 is 11.1 Å². The Bertz CT molecular complexity index is 335. The predicted molar refractivity (Wildman–Crippen MR) is 78.1 cm³/mol. The van der Waals surface area contributed by atoms with E-state index >= 15 is 0 Å². The van der Waals surface area contributed by atoms with Gasteiger partial charge in [-0.3, -0.25) is 4.99 Å². The molecular weight excluding hydrogens is 212 g/mol. The van der Waals surface area contributed by atoms with Gasteiger partial charge in [-0.05, 0) is 39.3 Å². The molecule has 0 aliphatic heterocycles. The van der Waals surface area contributed by atoms with Gasteiger partial charge in [0.1, 0.15) is 5.82 Å². The number of nitrogens with one attached hydrogen (secondary N) is 1. The maximum Gasteiger partial charge on any atom is 0.122 e. The maximum atomic E-state index is 4.50. The van der Waals surface area contributed by atoms with Gasteiger partial charge < -0.3 is 11.1 Å². The average Bonchev–Trinajstić information content (AvgIpc) is 2.34. The first kappa shape index (κ1) is 17.5. The summed E-state index contributed by atoms with van der Waals surface area (Å²) >= 11 is 0. The summed E-state index contributed by atoms with van der Waals surface area (Å²) < 4.78 is 0. The molecule has 94 valence electrons. The van der Waals surface area contributed by atoms with Crippen molar-refractivity contribution in [2.45, 2.75) is 13.8 Å². The molecule has 0 aromatic heterocycles. The highest BCUT2D eigenvalue weighted by Gasteiger charge is 1.91. The molecule has 4 nitrogen and oxygen atoms in total. The van der Waals surface area contributed by atoms with E-state index in [-0.39, 0.29) is 0 Å². The van der Waals surface area contributed by atoms with E-state index in [0.29, 0.717) is 5.82 Å². The van der Waals surface area contributed by atoms with Crippen LogP contribution in [0.3, 0.4) is 0 Å². The topological polar surface area (TPSA) is 62.8 Å². The van der Waals surface area contributed by atoms with Crippen molar-refractivity contribution in [3.05, 3.63) is 48.6 Å². The van der Waals surface area contributed by atoms with Crippen LogP contribution in [-0.2, 0) is 0 Å². The molecule has 0 aliphatic rings. The van der Waals surface area contributed by atoms with Crippen molar-refractivity contribution >= 4 is 12.9 Å². The van der Waals surface area contributed by atoms with Gasteiger partial charge in [0.25, 0.3) is 0 Å². The molecule has 0 rings (SSSR count). The molecule has 0 saturated heterocycles. The molecule has 0 fully saturated rings. The van der Waals surface area contributed by atoms with Crippen LogP contribution in [0.5, 0.6) is 0 Å². The lowest BCUT2D eigenvalue weighted by molar-refractivity contribution is 0.984. The van der Waals surface area contributed by atoms with Gasteiger partial charge >= 0.3 is 0 Å². The van der Waals surface area contributed by atoms with Crippen molar-refractivity contribution in [2.75, 3.05) is 7.05 Å². The van der Waals surface area contributed by atoms with Gasteiger partial charge in [0.2, 0.25) is 0 Å². The van der Waals surface area contributed by atoms with Gasteiger partial charge in [-0.25, -0.2) is 4.99 Å². The van der Waals surface area contributed by atoms with Gasteiger partial charge in [-0.1, -0.05) is 19.2 Å². The third-order valence-corrected chi connectivity index (χ3v) is 1.40. The first-order valence-electron chi connectivity index (χ1n) is 5.12. The summed E-state index contributed by atoms with van der Waals surface area (Å²) in [5.41, 5.74) is 6.24. The molecule has 0 aromatic carbocycles. The second-order valence-electron chi connectivity index (χ2n) is 2.92. The Hall–Kier alpha value is -1.94. The van der Waals surface area contributed by atoms with E-state index in [1.165, 1.54) is 7.05 Å². The van der Waals surface area contributed by atoms with Crippen LogP contribution in [0.2, 0.25) is 0 Å². The van der Waals surface area contributed by atoms with Crippen LogP contribution in [0.15, 0.2) is 58.6 Å². The number of hydrogen-bond acceptors (Lipinski definition) is 4. The van der Waals surface area contributed by atoms with E-state index in [2.05, 4.69) is 40.9 Å². The summed E-state index contributed by atoms with van der Waals surface area (Å²) in [5.74, 6) is 0.555. The number of hydrogen-bond donors (Lipinski definition) is 2. The van der Waals surface area contributed by atoms with Crippen LogP contribution in [0.25, 0.3) is 0 Å². The normalized spacial score (nSPS) is 10.9. The molecule has 0 aliphatic carbocycles. The van der Waals surface area contributed by atoms with Crippen molar-refractivity contribution in [1.82, 2.24) is 5.32 Å². The Morgan fingerprint density at radius 2 is 1.88 bits per heavy atom. The molecule has 0 spiro atoms. The molecule has 4 heteroatoms. The molecule has 0 heterocycles. The quantitative estimate of drug-likeness (QED) is 0.547. The monoisotopic (exact) mass is 234 g/mol. The van der Waals surface area contributed by atoms with E-state index in [0.717, 1.165) is 11.3 Å². The first-order valence-corrected chi connectivity index (χ1v) is 5.12. The first-order chi connectivity index (χ1) is 8.10. The van der Waals surface area contributed by atoms with E-state index in [9.17, 15) is 0 Å². The Labute approximate surface area is 104 Å². The largest absolute Gasteiger partial charge is 0.341 e. The fraction of sp³-hybridized carbons (Fsp3) is 0.231. The number of nitrogens with zero attached hydrogens (tertiary/aromatic N) is 2. The fourth-order valence-electron chi connectivity index (χ4n) is 0.730. The number of aliphatic imine (C=N–C) groups is 2. The maximum absolute atomic E-state index is 4.50. The second-order valence-corrected chi connectivity index (χ2v) is 2.92. The minimum atomic E-state index is 0.555. The average molecular weight is 234 g/mol. The predicted octanol–water partition coefficient (Wildman–Crippen LogP) is 2.39. The molecule has 0 atom stereocenters. The summed E-state index contributed by atoms with van der Waals surface area (Å²) in [6, 6.07) is 0. The lowest BCUT2D eigenvalue weighted by Gasteiger charge is -2.04. The third kappa shape index (κ3) is 12.0. The zero-order valence-corrected chi connectivity index (χ0v) is 10.9. The molecular formula is C13H22N4. The summed E-state index contributed by atoms with van der Waals surface area (Å²) in [4.78, 5) is 7.68. The van der Waals surface area contributed by atoms with Crippen molar-refractivity contribution in [1.29, 1.82) is 0 Å². The van der Waals surface area contributed by atoms with E-state index in [1.807, 2.05) is 19.9 Å². The van der Waals surface area contributed by atoms with Gasteiger partial charge in [0.15, 0.2) is 0 Å². The van der Waals surface area contributed by atoms with Crippen LogP contribution >= 0.6 is 0 Å². The number of rotatable bonds is 6. The minimum Gasteiger partial charge on any atom is -0.341 e. The summed E-state index contributed by atoms with van der Waals surface area (Å²) in [7, 11) is 1.50. The van der Waals surface area contributed by atoms with Crippen LogP contribution in [0.1, 0.15) is 13.8 Å². The van der Waals surface area contributed by atoms with Gasteiger partial charge in [-0.2, -0.15) is 0 Å². The van der Waals surface area contributed by atoms with Gasteiger partial charge in [0.05, 0.1) is 0 Å². The highest BCUT2D eigenvalue weighted by atomic mass is 15.0. The van der Waals surface area contributed by atoms with E-state index in [1.54, 1.807) is 18.5 Å². The number of nitrogens with two attached hydrogens (primary N) is 1. The molecule has 0 amide bonds. The van der Waals surface area contributed by atoms with Crippen molar-refractivity contribution < 1.29 is 0 Å². The Kier molecular flexibility index (Phi) is 12.5. The molecule has 0 unspecified atom stereocenters. The minimum absolute atomic E-state index is 0.555. The molecule has 0 radical (unpaired) electrons. The molecule has 0 bridgehead atoms. The Morgan fingerprint density at radius 3 is 2.29 bits per heavy atom. The SMILES string of the molecule is C=N/C=C\C(=C/C)NC(=C)/N=C\C(=C)C.CN. The van der Waals surface area contributed by atoms with Crippen LogP contribution in [-0.4, -0.2) is 20.0 Å². The van der Waals surface area contributed by atoms with Crippen LogP contribution in [0.4, 0.5) is 0 Å². The lowest BCUT2D eigenvalue weighted by atomic mass is 10.4. The smallest absolute Gasteiger partial charge is 0.122 e. The molecule has 0 saturated carbocycles. The van der Waals surface area contributed by atoms with Crippen molar-refractivity contribution in [2.24, 2.45) is 15.7 Å². The van der Waals surface area contributed by atoms with E-state index in [4.69, 9.17) is 0 Å². The Morgan fingerprint density at radius 1 is 1.29 bits per heavy atom. The van der Waals surface area contributed by atoms with Gasteiger partial charge in [-0.15, -0.1) is 0 Å². The van der Waals surface area contributed by atoms with Crippen LogP contribution in [0, 0.1) is 0 Å². The zero-order valence-electron chi connectivity index (χ0n) is 10.9.